The van der Waals surface area contributed by atoms with Gasteiger partial charge in [-0.1, -0.05) is 6.92 Å². The summed E-state index contributed by atoms with van der Waals surface area (Å²) in [5.41, 5.74) is 5.56. The molecule has 0 aliphatic rings. The molecule has 0 amide bonds. The highest BCUT2D eigenvalue weighted by molar-refractivity contribution is 7.98. The number of thioether (sulfide) groups is 1. The summed E-state index contributed by atoms with van der Waals surface area (Å²) >= 11 is 1.68. The van der Waals surface area contributed by atoms with Gasteiger partial charge in [0.1, 0.15) is 6.04 Å². The highest BCUT2D eigenvalue weighted by Crippen LogP contribution is 2.00. The topological polar surface area (TPSA) is 52.3 Å². The highest BCUT2D eigenvalue weighted by atomic mass is 35.5. The molecule has 0 radical (unpaired) electrons. The maximum atomic E-state index is 11.1. The molecule has 0 bridgehead atoms. The Morgan fingerprint density at radius 2 is 2.07 bits per heavy atom. The Bertz CT molecular complexity index is 139. The second-order valence-electron chi connectivity index (χ2n) is 2.56. The molecule has 0 aliphatic heterocycles. The average Bonchev–Trinajstić information content (AvgIpc) is 2.10. The lowest BCUT2D eigenvalue weighted by Crippen LogP contribution is -2.32. The van der Waals surface area contributed by atoms with Crippen molar-refractivity contribution in [2.75, 3.05) is 18.6 Å². The van der Waals surface area contributed by atoms with Gasteiger partial charge < -0.3 is 10.5 Å². The van der Waals surface area contributed by atoms with Crippen LogP contribution in [0.25, 0.3) is 0 Å². The number of hydrogen-bond acceptors (Lipinski definition) is 4. The Hall–Kier alpha value is 0.360. The Labute approximate surface area is 102 Å². The van der Waals surface area contributed by atoms with Gasteiger partial charge in [0.15, 0.2) is 0 Å². The molecular formula is C8H19Cl2NO2S. The second-order valence-corrected chi connectivity index (χ2v) is 3.54. The van der Waals surface area contributed by atoms with E-state index in [0.717, 1.165) is 12.2 Å². The average molecular weight is 264 g/mol. The standard InChI is InChI=1S/C8H17NO2S.2ClH/c1-3-5-11-8(10)7(9)4-6-12-2;;/h7H,3-6,9H2,1-2H3;2*1H. The van der Waals surface area contributed by atoms with Crippen LogP contribution in [0.4, 0.5) is 0 Å². The van der Waals surface area contributed by atoms with E-state index >= 15 is 0 Å². The number of rotatable bonds is 6. The zero-order valence-corrected chi connectivity index (χ0v) is 11.0. The molecule has 14 heavy (non-hydrogen) atoms. The maximum absolute atomic E-state index is 11.1. The fraction of sp³-hybridized carbons (Fsp3) is 0.875. The summed E-state index contributed by atoms with van der Waals surface area (Å²) in [6, 6.07) is -0.441. The molecule has 0 aromatic rings. The van der Waals surface area contributed by atoms with Crippen LogP contribution in [0.2, 0.25) is 0 Å². The lowest BCUT2D eigenvalue weighted by Gasteiger charge is -2.09. The van der Waals surface area contributed by atoms with Crippen LogP contribution >= 0.6 is 36.6 Å². The first-order valence-corrected chi connectivity index (χ1v) is 5.53. The predicted molar refractivity (Wildman–Crippen MR) is 66.7 cm³/mol. The summed E-state index contributed by atoms with van der Waals surface area (Å²) in [6.45, 7) is 2.44. The van der Waals surface area contributed by atoms with Crippen molar-refractivity contribution in [1.29, 1.82) is 0 Å². The van der Waals surface area contributed by atoms with Gasteiger partial charge in [0.25, 0.3) is 0 Å². The predicted octanol–water partition coefficient (Wildman–Crippen LogP) is 1.86. The van der Waals surface area contributed by atoms with Crippen LogP contribution in [-0.4, -0.2) is 30.6 Å². The fourth-order valence-electron chi connectivity index (χ4n) is 0.672. The summed E-state index contributed by atoms with van der Waals surface area (Å²) in [6.07, 6.45) is 3.54. The van der Waals surface area contributed by atoms with Crippen LogP contribution in [-0.2, 0) is 9.53 Å². The van der Waals surface area contributed by atoms with E-state index in [1.807, 2.05) is 13.2 Å². The van der Waals surface area contributed by atoms with Crippen molar-refractivity contribution in [3.05, 3.63) is 0 Å². The number of nitrogens with two attached hydrogens (primary N) is 1. The lowest BCUT2D eigenvalue weighted by atomic mass is 10.2. The summed E-state index contributed by atoms with van der Waals surface area (Å²) in [4.78, 5) is 11.1. The third-order valence-electron chi connectivity index (χ3n) is 1.38. The molecule has 0 saturated heterocycles. The van der Waals surface area contributed by atoms with Crippen LogP contribution in [0.3, 0.4) is 0 Å². The van der Waals surface area contributed by atoms with Crippen molar-refractivity contribution < 1.29 is 9.53 Å². The molecule has 1 atom stereocenters. The molecule has 88 valence electrons. The number of esters is 1. The molecule has 6 heteroatoms. The van der Waals surface area contributed by atoms with Crippen LogP contribution < -0.4 is 5.73 Å². The maximum Gasteiger partial charge on any atom is 0.322 e. The fourth-order valence-corrected chi connectivity index (χ4v) is 1.16. The first kappa shape index (κ1) is 19.9. The van der Waals surface area contributed by atoms with E-state index in [1.165, 1.54) is 0 Å². The summed E-state index contributed by atoms with van der Waals surface area (Å²) in [5.74, 6) is 0.633. The lowest BCUT2D eigenvalue weighted by molar-refractivity contribution is -0.145. The molecule has 0 aromatic heterocycles. The zero-order valence-electron chi connectivity index (χ0n) is 8.52. The van der Waals surface area contributed by atoms with E-state index in [4.69, 9.17) is 10.5 Å². The van der Waals surface area contributed by atoms with Gasteiger partial charge in [0.05, 0.1) is 6.61 Å². The van der Waals surface area contributed by atoms with E-state index in [-0.39, 0.29) is 30.8 Å². The third-order valence-corrected chi connectivity index (χ3v) is 2.03. The smallest absolute Gasteiger partial charge is 0.322 e. The summed E-state index contributed by atoms with van der Waals surface area (Å²) in [7, 11) is 0. The SMILES string of the molecule is CCCOC(=O)C(N)CCSC.Cl.Cl. The molecule has 0 saturated carbocycles. The molecule has 0 fully saturated rings. The minimum Gasteiger partial charge on any atom is -0.465 e. The number of ether oxygens (including phenoxy) is 1. The van der Waals surface area contributed by atoms with Crippen molar-refractivity contribution in [1.82, 2.24) is 0 Å². The Morgan fingerprint density at radius 3 is 2.50 bits per heavy atom. The van der Waals surface area contributed by atoms with Gasteiger partial charge in [-0.25, -0.2) is 0 Å². The minimum absolute atomic E-state index is 0. The Kier molecular flexibility index (Phi) is 19.0. The molecule has 2 N–H and O–H groups in total. The summed E-state index contributed by atoms with van der Waals surface area (Å²) < 4.78 is 4.88. The monoisotopic (exact) mass is 263 g/mol. The van der Waals surface area contributed by atoms with Crippen LogP contribution in [0.1, 0.15) is 19.8 Å². The van der Waals surface area contributed by atoms with Crippen molar-refractivity contribution in [3.63, 3.8) is 0 Å². The van der Waals surface area contributed by atoms with Crippen molar-refractivity contribution in [2.45, 2.75) is 25.8 Å². The molecule has 0 rings (SSSR count). The molecule has 0 aromatic carbocycles. The van der Waals surface area contributed by atoms with Gasteiger partial charge in [-0.2, -0.15) is 11.8 Å². The van der Waals surface area contributed by atoms with Gasteiger partial charge in [-0.3, -0.25) is 4.79 Å². The highest BCUT2D eigenvalue weighted by Gasteiger charge is 2.13. The van der Waals surface area contributed by atoms with E-state index in [2.05, 4.69) is 0 Å². The number of hydrogen-bond donors (Lipinski definition) is 1. The van der Waals surface area contributed by atoms with Gasteiger partial charge in [-0.15, -0.1) is 24.8 Å². The van der Waals surface area contributed by atoms with Crippen molar-refractivity contribution in [2.24, 2.45) is 5.73 Å². The van der Waals surface area contributed by atoms with E-state index in [0.29, 0.717) is 13.0 Å². The first-order valence-electron chi connectivity index (χ1n) is 4.13. The van der Waals surface area contributed by atoms with Gasteiger partial charge in [0, 0.05) is 0 Å². The summed E-state index contributed by atoms with van der Waals surface area (Å²) in [5, 5.41) is 0. The van der Waals surface area contributed by atoms with Crippen LogP contribution in [0.5, 0.6) is 0 Å². The zero-order chi connectivity index (χ0) is 9.40. The van der Waals surface area contributed by atoms with Crippen LogP contribution in [0, 0.1) is 0 Å². The van der Waals surface area contributed by atoms with Gasteiger partial charge in [-0.05, 0) is 24.9 Å². The molecule has 1 unspecified atom stereocenters. The number of carbonyl (C=O) groups is 1. The molecular weight excluding hydrogens is 245 g/mol. The van der Waals surface area contributed by atoms with Crippen LogP contribution in [0.15, 0.2) is 0 Å². The quantitative estimate of drug-likeness (QED) is 0.744. The van der Waals surface area contributed by atoms with Gasteiger partial charge in [0.2, 0.25) is 0 Å². The molecule has 0 spiro atoms. The van der Waals surface area contributed by atoms with Gasteiger partial charge >= 0.3 is 5.97 Å². The first-order chi connectivity index (χ1) is 5.72. The third kappa shape index (κ3) is 10.4. The Balaban J connectivity index is -0.000000605. The molecule has 0 aliphatic carbocycles. The van der Waals surface area contributed by atoms with E-state index in [9.17, 15) is 4.79 Å². The molecule has 0 heterocycles. The molecule has 3 nitrogen and oxygen atoms in total. The normalized spacial score (nSPS) is 10.8. The van der Waals surface area contributed by atoms with E-state index in [1.54, 1.807) is 11.8 Å². The Morgan fingerprint density at radius 1 is 1.50 bits per heavy atom. The number of halogens is 2. The van der Waals surface area contributed by atoms with E-state index < -0.39 is 6.04 Å². The largest absolute Gasteiger partial charge is 0.465 e. The van der Waals surface area contributed by atoms with Crippen molar-refractivity contribution >= 4 is 42.5 Å². The number of carbonyl (C=O) groups excluding carboxylic acids is 1. The second kappa shape index (κ2) is 13.4. The minimum atomic E-state index is -0.441. The van der Waals surface area contributed by atoms with Crippen molar-refractivity contribution in [3.8, 4) is 0 Å².